The lowest BCUT2D eigenvalue weighted by Gasteiger charge is -2.17. The molecule has 0 aliphatic heterocycles. The molecule has 1 aromatic carbocycles. The molecule has 1 rings (SSSR count). The predicted octanol–water partition coefficient (Wildman–Crippen LogP) is 1.63. The van der Waals surface area contributed by atoms with Crippen LogP contribution in [-0.4, -0.2) is 24.5 Å². The molecule has 1 aromatic rings. The van der Waals surface area contributed by atoms with Crippen molar-refractivity contribution in [2.24, 2.45) is 0 Å². The Bertz CT molecular complexity index is 454. The monoisotopic (exact) mass is 259 g/mol. The SMILES string of the molecule is C=CC(=O)N[C@H](COC(=O)C=C)Cc1ccccc1. The molecular formula is C15H17NO3. The topological polar surface area (TPSA) is 55.4 Å². The van der Waals surface area contributed by atoms with E-state index in [2.05, 4.69) is 18.5 Å². The summed E-state index contributed by atoms with van der Waals surface area (Å²) in [5, 5.41) is 2.73. The van der Waals surface area contributed by atoms with Crippen LogP contribution in [0.2, 0.25) is 0 Å². The Morgan fingerprint density at radius 3 is 2.47 bits per heavy atom. The molecule has 0 saturated heterocycles. The summed E-state index contributed by atoms with van der Waals surface area (Å²) in [5.41, 5.74) is 1.05. The fraction of sp³-hybridized carbons (Fsp3) is 0.200. The van der Waals surface area contributed by atoms with Gasteiger partial charge in [-0.25, -0.2) is 4.79 Å². The quantitative estimate of drug-likeness (QED) is 0.598. The molecule has 0 fully saturated rings. The predicted molar refractivity (Wildman–Crippen MR) is 73.4 cm³/mol. The molecule has 0 spiro atoms. The van der Waals surface area contributed by atoms with Gasteiger partial charge in [-0.1, -0.05) is 43.5 Å². The molecule has 0 bridgehead atoms. The van der Waals surface area contributed by atoms with Gasteiger partial charge in [-0.3, -0.25) is 4.79 Å². The number of hydrogen-bond acceptors (Lipinski definition) is 3. The zero-order chi connectivity index (χ0) is 14.1. The highest BCUT2D eigenvalue weighted by Gasteiger charge is 2.13. The highest BCUT2D eigenvalue weighted by Crippen LogP contribution is 2.04. The lowest BCUT2D eigenvalue weighted by atomic mass is 10.1. The summed E-state index contributed by atoms with van der Waals surface area (Å²) >= 11 is 0. The van der Waals surface area contributed by atoms with Crippen LogP contribution in [0.5, 0.6) is 0 Å². The number of carbonyl (C=O) groups excluding carboxylic acids is 2. The van der Waals surface area contributed by atoms with Gasteiger partial charge in [0.1, 0.15) is 6.61 Å². The first-order valence-electron chi connectivity index (χ1n) is 5.91. The van der Waals surface area contributed by atoms with E-state index in [1.54, 1.807) is 0 Å². The number of amides is 1. The summed E-state index contributed by atoms with van der Waals surface area (Å²) in [6.07, 6.45) is 2.85. The number of ether oxygens (including phenoxy) is 1. The van der Waals surface area contributed by atoms with E-state index in [4.69, 9.17) is 4.74 Å². The average molecular weight is 259 g/mol. The molecule has 4 nitrogen and oxygen atoms in total. The summed E-state index contributed by atoms with van der Waals surface area (Å²) in [5.74, 6) is -0.804. The molecular weight excluding hydrogens is 242 g/mol. The molecule has 19 heavy (non-hydrogen) atoms. The van der Waals surface area contributed by atoms with E-state index >= 15 is 0 Å². The maximum absolute atomic E-state index is 11.3. The first kappa shape index (κ1) is 14.7. The molecule has 0 saturated carbocycles. The van der Waals surface area contributed by atoms with Crippen molar-refractivity contribution in [3.05, 3.63) is 61.2 Å². The van der Waals surface area contributed by atoms with Crippen molar-refractivity contribution in [1.82, 2.24) is 5.32 Å². The van der Waals surface area contributed by atoms with Gasteiger partial charge in [0, 0.05) is 6.08 Å². The van der Waals surface area contributed by atoms with Crippen molar-refractivity contribution in [2.75, 3.05) is 6.61 Å². The van der Waals surface area contributed by atoms with Crippen LogP contribution in [0.4, 0.5) is 0 Å². The van der Waals surface area contributed by atoms with Crippen molar-refractivity contribution >= 4 is 11.9 Å². The molecule has 4 heteroatoms. The molecule has 1 N–H and O–H groups in total. The van der Waals surface area contributed by atoms with E-state index in [1.165, 1.54) is 6.08 Å². The summed E-state index contributed by atoms with van der Waals surface area (Å²) < 4.78 is 4.96. The summed E-state index contributed by atoms with van der Waals surface area (Å²) in [6.45, 7) is 6.81. The van der Waals surface area contributed by atoms with Gasteiger partial charge in [-0.2, -0.15) is 0 Å². The van der Waals surface area contributed by atoms with Crippen LogP contribution in [0.25, 0.3) is 0 Å². The lowest BCUT2D eigenvalue weighted by molar-refractivity contribution is -0.139. The van der Waals surface area contributed by atoms with Gasteiger partial charge in [-0.15, -0.1) is 0 Å². The highest BCUT2D eigenvalue weighted by atomic mass is 16.5. The molecule has 0 aliphatic carbocycles. The van der Waals surface area contributed by atoms with Gasteiger partial charge in [0.05, 0.1) is 6.04 Å². The maximum atomic E-state index is 11.3. The van der Waals surface area contributed by atoms with Gasteiger partial charge in [-0.05, 0) is 18.1 Å². The van der Waals surface area contributed by atoms with E-state index < -0.39 is 5.97 Å². The van der Waals surface area contributed by atoms with Crippen molar-refractivity contribution in [3.63, 3.8) is 0 Å². The molecule has 100 valence electrons. The van der Waals surface area contributed by atoms with Gasteiger partial charge < -0.3 is 10.1 Å². The maximum Gasteiger partial charge on any atom is 0.330 e. The number of carbonyl (C=O) groups is 2. The Hall–Kier alpha value is -2.36. The van der Waals surface area contributed by atoms with Crippen LogP contribution in [0.15, 0.2) is 55.6 Å². The zero-order valence-electron chi connectivity index (χ0n) is 10.7. The third kappa shape index (κ3) is 5.68. The summed E-state index contributed by atoms with van der Waals surface area (Å²) in [4.78, 5) is 22.4. The van der Waals surface area contributed by atoms with E-state index in [0.29, 0.717) is 6.42 Å². The molecule has 1 amide bonds. The minimum atomic E-state index is -0.508. The fourth-order valence-electron chi connectivity index (χ4n) is 1.55. The zero-order valence-corrected chi connectivity index (χ0v) is 10.7. The molecule has 1 atom stereocenters. The third-order valence-corrected chi connectivity index (χ3v) is 2.45. The molecule has 0 radical (unpaired) electrons. The van der Waals surface area contributed by atoms with Gasteiger partial charge in [0.25, 0.3) is 0 Å². The molecule has 0 aliphatic rings. The second-order valence-corrected chi connectivity index (χ2v) is 3.93. The van der Waals surface area contributed by atoms with Crippen molar-refractivity contribution < 1.29 is 14.3 Å². The standard InChI is InChI=1S/C15H17NO3/c1-3-14(17)16-13(11-19-15(18)4-2)10-12-8-6-5-7-9-12/h3-9,13H,1-2,10-11H2,(H,16,17)/t13-/m0/s1. The Morgan fingerprint density at radius 1 is 1.21 bits per heavy atom. The van der Waals surface area contributed by atoms with Crippen LogP contribution in [0, 0.1) is 0 Å². The number of benzene rings is 1. The summed E-state index contributed by atoms with van der Waals surface area (Å²) in [6, 6.07) is 9.34. The number of esters is 1. The third-order valence-electron chi connectivity index (χ3n) is 2.45. The number of hydrogen-bond donors (Lipinski definition) is 1. The van der Waals surface area contributed by atoms with E-state index in [1.807, 2.05) is 30.3 Å². The smallest absolute Gasteiger partial charge is 0.330 e. The first-order valence-corrected chi connectivity index (χ1v) is 5.91. The number of rotatable bonds is 7. The fourth-order valence-corrected chi connectivity index (χ4v) is 1.55. The second kappa shape index (κ2) is 7.87. The Morgan fingerprint density at radius 2 is 1.89 bits per heavy atom. The van der Waals surface area contributed by atoms with Crippen LogP contribution < -0.4 is 5.32 Å². The van der Waals surface area contributed by atoms with Gasteiger partial charge in [0.15, 0.2) is 0 Å². The van der Waals surface area contributed by atoms with Crippen molar-refractivity contribution in [3.8, 4) is 0 Å². The van der Waals surface area contributed by atoms with Gasteiger partial charge in [0.2, 0.25) is 5.91 Å². The largest absolute Gasteiger partial charge is 0.460 e. The molecule has 0 aromatic heterocycles. The van der Waals surface area contributed by atoms with E-state index in [0.717, 1.165) is 11.6 Å². The van der Waals surface area contributed by atoms with Crippen LogP contribution >= 0.6 is 0 Å². The second-order valence-electron chi connectivity index (χ2n) is 3.93. The molecule has 0 heterocycles. The van der Waals surface area contributed by atoms with Crippen molar-refractivity contribution in [2.45, 2.75) is 12.5 Å². The Kier molecular flexibility index (Phi) is 6.09. The van der Waals surface area contributed by atoms with Gasteiger partial charge >= 0.3 is 5.97 Å². The number of nitrogens with one attached hydrogen (secondary N) is 1. The first-order chi connectivity index (χ1) is 9.15. The molecule has 0 unspecified atom stereocenters. The average Bonchev–Trinajstić information content (AvgIpc) is 2.45. The van der Waals surface area contributed by atoms with Crippen molar-refractivity contribution in [1.29, 1.82) is 0 Å². The highest BCUT2D eigenvalue weighted by molar-refractivity contribution is 5.87. The normalized spacial score (nSPS) is 11.2. The van der Waals surface area contributed by atoms with Crippen LogP contribution in [0.1, 0.15) is 5.56 Å². The lowest BCUT2D eigenvalue weighted by Crippen LogP contribution is -2.39. The Balaban J connectivity index is 2.63. The summed E-state index contributed by atoms with van der Waals surface area (Å²) in [7, 11) is 0. The Labute approximate surface area is 112 Å². The van der Waals surface area contributed by atoms with Crippen LogP contribution in [0.3, 0.4) is 0 Å². The van der Waals surface area contributed by atoms with E-state index in [-0.39, 0.29) is 18.6 Å². The minimum absolute atomic E-state index is 0.0966. The van der Waals surface area contributed by atoms with E-state index in [9.17, 15) is 9.59 Å². The van der Waals surface area contributed by atoms with Crippen LogP contribution in [-0.2, 0) is 20.7 Å². The minimum Gasteiger partial charge on any atom is -0.460 e.